The van der Waals surface area contributed by atoms with Crippen LogP contribution in [0.25, 0.3) is 0 Å². The highest BCUT2D eigenvalue weighted by atomic mass is 16.2. The Kier molecular flexibility index (Phi) is 10.1. The molecule has 3 heterocycles. The lowest BCUT2D eigenvalue weighted by atomic mass is 10.0. The van der Waals surface area contributed by atoms with Crippen LogP contribution in [0, 0.1) is 11.8 Å². The summed E-state index contributed by atoms with van der Waals surface area (Å²) in [4.78, 5) is 61.1. The van der Waals surface area contributed by atoms with Crippen molar-refractivity contribution >= 4 is 29.2 Å². The summed E-state index contributed by atoms with van der Waals surface area (Å²) in [6.07, 6.45) is 2.39. The number of rotatable bonds is 10. The number of carbonyl (C=O) groups excluding carboxylic acids is 4. The minimum absolute atomic E-state index is 0.0197. The summed E-state index contributed by atoms with van der Waals surface area (Å²) in [5.74, 6) is -0.342. The number of benzene rings is 1. The number of likely N-dealkylation sites (tertiary alicyclic amines) is 2. The summed E-state index contributed by atoms with van der Waals surface area (Å²) >= 11 is 0. The molecule has 3 saturated heterocycles. The van der Waals surface area contributed by atoms with Crippen LogP contribution in [0.15, 0.2) is 24.3 Å². The van der Waals surface area contributed by atoms with Crippen molar-refractivity contribution in [1.82, 2.24) is 20.0 Å². The van der Waals surface area contributed by atoms with E-state index in [1.807, 2.05) is 26.0 Å². The molecule has 3 amide bonds. The Hall–Kier alpha value is -2.98. The number of nitrogens with zero attached hydrogens (tertiary/aromatic N) is 4. The number of nitrogens with two attached hydrogens (primary N) is 1. The van der Waals surface area contributed by atoms with Crippen LogP contribution < -0.4 is 16.0 Å². The lowest BCUT2D eigenvalue weighted by molar-refractivity contribution is -0.138. The van der Waals surface area contributed by atoms with Crippen LogP contribution >= 0.6 is 0 Å². The summed E-state index contributed by atoms with van der Waals surface area (Å²) in [7, 11) is 2.12. The van der Waals surface area contributed by atoms with E-state index in [1.165, 1.54) is 0 Å². The van der Waals surface area contributed by atoms with Crippen LogP contribution in [0.1, 0.15) is 63.7 Å². The van der Waals surface area contributed by atoms with E-state index in [9.17, 15) is 19.2 Å². The average molecular weight is 569 g/mol. The zero-order chi connectivity index (χ0) is 29.8. The smallest absolute Gasteiger partial charge is 0.251 e. The summed E-state index contributed by atoms with van der Waals surface area (Å²) in [6, 6.07) is 5.07. The first kappa shape index (κ1) is 31.0. The van der Waals surface area contributed by atoms with E-state index in [0.29, 0.717) is 37.3 Å². The summed E-state index contributed by atoms with van der Waals surface area (Å²) in [5.41, 5.74) is 7.78. The Morgan fingerprint density at radius 2 is 1.56 bits per heavy atom. The van der Waals surface area contributed by atoms with Gasteiger partial charge in [0.15, 0.2) is 5.78 Å². The molecule has 4 unspecified atom stereocenters. The molecule has 0 radical (unpaired) electrons. The molecule has 3 N–H and O–H groups in total. The summed E-state index contributed by atoms with van der Waals surface area (Å²) in [6.45, 7) is 12.4. The summed E-state index contributed by atoms with van der Waals surface area (Å²) in [5, 5.41) is 2.96. The molecule has 1 aromatic carbocycles. The fourth-order valence-electron chi connectivity index (χ4n) is 6.23. The number of carbonyl (C=O) groups is 4. The zero-order valence-corrected chi connectivity index (χ0v) is 25.3. The Morgan fingerprint density at radius 3 is 2.17 bits per heavy atom. The van der Waals surface area contributed by atoms with E-state index < -0.39 is 18.1 Å². The first-order valence-corrected chi connectivity index (χ1v) is 15.2. The van der Waals surface area contributed by atoms with Gasteiger partial charge in [0.2, 0.25) is 11.8 Å². The van der Waals surface area contributed by atoms with Crippen LogP contribution in [0.4, 0.5) is 5.69 Å². The van der Waals surface area contributed by atoms with E-state index in [2.05, 4.69) is 36.0 Å². The molecule has 0 saturated carbocycles. The van der Waals surface area contributed by atoms with Crippen LogP contribution in [0.3, 0.4) is 0 Å². The Morgan fingerprint density at radius 1 is 0.902 bits per heavy atom. The van der Waals surface area contributed by atoms with Crippen molar-refractivity contribution < 1.29 is 19.2 Å². The Balaban J connectivity index is 1.42. The second-order valence-electron chi connectivity index (χ2n) is 12.8. The van der Waals surface area contributed by atoms with Gasteiger partial charge < -0.3 is 30.7 Å². The predicted molar refractivity (Wildman–Crippen MR) is 160 cm³/mol. The second kappa shape index (κ2) is 13.3. The molecule has 3 fully saturated rings. The second-order valence-corrected chi connectivity index (χ2v) is 12.8. The Bertz CT molecular complexity index is 1100. The van der Waals surface area contributed by atoms with Crippen LogP contribution in [0.5, 0.6) is 0 Å². The number of piperazine rings is 1. The van der Waals surface area contributed by atoms with E-state index in [-0.39, 0.29) is 42.0 Å². The number of hydrogen-bond acceptors (Lipinski definition) is 7. The molecular formula is C31H48N6O4. The topological polar surface area (TPSA) is 119 Å². The van der Waals surface area contributed by atoms with Gasteiger partial charge in [0.05, 0.1) is 18.6 Å². The molecule has 10 heteroatoms. The highest BCUT2D eigenvalue weighted by molar-refractivity contribution is 6.01. The fraction of sp³-hybridized carbons (Fsp3) is 0.677. The third-order valence-corrected chi connectivity index (χ3v) is 8.67. The maximum Gasteiger partial charge on any atom is 0.251 e. The molecule has 1 aromatic rings. The van der Waals surface area contributed by atoms with Crippen molar-refractivity contribution in [2.75, 3.05) is 51.2 Å². The quantitative estimate of drug-likeness (QED) is 0.441. The maximum atomic E-state index is 13.8. The molecule has 0 spiro atoms. The number of fused-ring (bicyclic) bond motifs is 1. The van der Waals surface area contributed by atoms with Gasteiger partial charge in [-0.2, -0.15) is 0 Å². The molecule has 226 valence electrons. The number of hydrogen-bond donors (Lipinski definition) is 2. The molecule has 4 atom stereocenters. The normalized spacial score (nSPS) is 22.8. The van der Waals surface area contributed by atoms with Crippen molar-refractivity contribution in [2.24, 2.45) is 17.6 Å². The lowest BCUT2D eigenvalue weighted by Gasteiger charge is -2.34. The molecule has 0 bridgehead atoms. The van der Waals surface area contributed by atoms with Crippen molar-refractivity contribution in [3.8, 4) is 0 Å². The van der Waals surface area contributed by atoms with Gasteiger partial charge >= 0.3 is 0 Å². The molecule has 0 aliphatic carbocycles. The van der Waals surface area contributed by atoms with Crippen molar-refractivity contribution in [3.05, 3.63) is 29.8 Å². The van der Waals surface area contributed by atoms with Gasteiger partial charge in [0, 0.05) is 44.0 Å². The number of amides is 3. The number of ketones is 1. The van der Waals surface area contributed by atoms with Crippen LogP contribution in [-0.2, 0) is 14.4 Å². The predicted octanol–water partition coefficient (Wildman–Crippen LogP) is 1.73. The molecule has 0 aromatic heterocycles. The van der Waals surface area contributed by atoms with Gasteiger partial charge in [-0.1, -0.05) is 27.7 Å². The maximum absolute atomic E-state index is 13.8. The SMILES string of the molecule is CC(C)CCC(N)C(=O)N1CC(=O)C2C1CCN2C(=O)C(CC(C)C)NC(=O)c1ccc(N2CCN(C)CC2)cc1. The zero-order valence-electron chi connectivity index (χ0n) is 25.3. The summed E-state index contributed by atoms with van der Waals surface area (Å²) < 4.78 is 0. The number of anilines is 1. The largest absolute Gasteiger partial charge is 0.369 e. The lowest BCUT2D eigenvalue weighted by Crippen LogP contribution is -2.53. The number of likely N-dealkylation sites (N-methyl/N-ethyl adjacent to an activating group) is 1. The molecule has 41 heavy (non-hydrogen) atoms. The first-order valence-electron chi connectivity index (χ1n) is 15.2. The van der Waals surface area contributed by atoms with E-state index in [4.69, 9.17) is 5.73 Å². The van der Waals surface area contributed by atoms with Crippen molar-refractivity contribution in [3.63, 3.8) is 0 Å². The van der Waals surface area contributed by atoms with Crippen LogP contribution in [0.2, 0.25) is 0 Å². The van der Waals surface area contributed by atoms with E-state index >= 15 is 0 Å². The van der Waals surface area contributed by atoms with Gasteiger partial charge in [-0.3, -0.25) is 19.2 Å². The number of Topliss-reactive ketones (excluding diaryl/α,β-unsaturated/α-hetero) is 1. The third-order valence-electron chi connectivity index (χ3n) is 8.67. The molecule has 10 nitrogen and oxygen atoms in total. The van der Waals surface area contributed by atoms with E-state index in [0.717, 1.165) is 38.3 Å². The fourth-order valence-corrected chi connectivity index (χ4v) is 6.23. The monoisotopic (exact) mass is 568 g/mol. The number of nitrogens with one attached hydrogen (secondary N) is 1. The van der Waals surface area contributed by atoms with Crippen LogP contribution in [-0.4, -0.2) is 109 Å². The van der Waals surface area contributed by atoms with Gasteiger partial charge in [-0.05, 0) is 68.8 Å². The van der Waals surface area contributed by atoms with Gasteiger partial charge in [-0.15, -0.1) is 0 Å². The standard InChI is InChI=1S/C31H48N6O4/c1-20(2)6-11-24(32)30(40)37-19-27(38)28-26(37)12-13-36(28)31(41)25(18-21(3)4)33-29(39)22-7-9-23(10-8-22)35-16-14-34(5)15-17-35/h7-10,20-21,24-26,28H,6,11-19,32H2,1-5H3,(H,33,39). The highest BCUT2D eigenvalue weighted by Gasteiger charge is 2.52. The van der Waals surface area contributed by atoms with Gasteiger partial charge in [-0.25, -0.2) is 0 Å². The highest BCUT2D eigenvalue weighted by Crippen LogP contribution is 2.31. The van der Waals surface area contributed by atoms with E-state index in [1.54, 1.807) is 21.9 Å². The van der Waals surface area contributed by atoms with Crippen molar-refractivity contribution in [2.45, 2.75) is 77.5 Å². The molecule has 3 aliphatic heterocycles. The third kappa shape index (κ3) is 7.27. The van der Waals surface area contributed by atoms with Crippen molar-refractivity contribution in [1.29, 1.82) is 0 Å². The average Bonchev–Trinajstić information content (AvgIpc) is 3.52. The molecule has 3 aliphatic rings. The first-order chi connectivity index (χ1) is 19.5. The van der Waals surface area contributed by atoms with Gasteiger partial charge in [0.1, 0.15) is 12.1 Å². The minimum atomic E-state index is -0.760. The minimum Gasteiger partial charge on any atom is -0.369 e. The van der Waals surface area contributed by atoms with Gasteiger partial charge in [0.25, 0.3) is 5.91 Å². The Labute approximate surface area is 244 Å². The molecular weight excluding hydrogens is 520 g/mol. The molecule has 4 rings (SSSR count).